The van der Waals surface area contributed by atoms with Gasteiger partial charge in [-0.1, -0.05) is 13.8 Å². The molecule has 18 heavy (non-hydrogen) atoms. The van der Waals surface area contributed by atoms with Crippen molar-refractivity contribution < 1.29 is 9.90 Å². The Morgan fingerprint density at radius 2 is 2.06 bits per heavy atom. The standard InChI is InChI=1S/C13H20N2O3/c1-9-5-10(17)6-11(14-9)12(18)15(4)7-13(2,3)8-16/h5-6,16H,7-8H2,1-4H3,(H,14,17). The number of aliphatic hydroxyl groups excluding tert-OH is 1. The second-order valence-electron chi connectivity index (χ2n) is 5.40. The van der Waals surface area contributed by atoms with Crippen LogP contribution in [-0.4, -0.2) is 41.1 Å². The zero-order chi connectivity index (χ0) is 13.9. The molecule has 1 amide bonds. The van der Waals surface area contributed by atoms with Crippen LogP contribution in [0.1, 0.15) is 30.0 Å². The maximum Gasteiger partial charge on any atom is 0.270 e. The van der Waals surface area contributed by atoms with Crippen LogP contribution in [0.15, 0.2) is 16.9 Å². The highest BCUT2D eigenvalue weighted by Gasteiger charge is 2.23. The number of aromatic amines is 1. The number of rotatable bonds is 4. The highest BCUT2D eigenvalue weighted by molar-refractivity contribution is 5.92. The van der Waals surface area contributed by atoms with Crippen molar-refractivity contribution >= 4 is 5.91 Å². The number of aryl methyl sites for hydroxylation is 1. The number of hydrogen-bond acceptors (Lipinski definition) is 3. The molecule has 100 valence electrons. The predicted octanol–water partition coefficient (Wildman–Crippen LogP) is 0.774. The zero-order valence-electron chi connectivity index (χ0n) is 11.3. The van der Waals surface area contributed by atoms with E-state index >= 15 is 0 Å². The molecule has 2 N–H and O–H groups in total. The van der Waals surface area contributed by atoms with Gasteiger partial charge in [-0.05, 0) is 6.92 Å². The molecule has 1 aromatic heterocycles. The second kappa shape index (κ2) is 5.35. The Kier molecular flexibility index (Phi) is 4.29. The van der Waals surface area contributed by atoms with Gasteiger partial charge >= 0.3 is 0 Å². The number of amides is 1. The summed E-state index contributed by atoms with van der Waals surface area (Å²) in [5.41, 5.74) is 0.371. The van der Waals surface area contributed by atoms with Gasteiger partial charge in [0, 0.05) is 43.4 Å². The van der Waals surface area contributed by atoms with E-state index < -0.39 is 0 Å². The SMILES string of the molecule is Cc1cc(=O)cc(C(=O)N(C)CC(C)(C)CO)[nH]1. The fourth-order valence-corrected chi connectivity index (χ4v) is 1.77. The van der Waals surface area contributed by atoms with Crippen molar-refractivity contribution in [2.45, 2.75) is 20.8 Å². The van der Waals surface area contributed by atoms with E-state index in [2.05, 4.69) is 4.98 Å². The Labute approximate surface area is 106 Å². The van der Waals surface area contributed by atoms with Crippen LogP contribution in [0.2, 0.25) is 0 Å². The number of aliphatic hydroxyl groups is 1. The molecule has 5 heteroatoms. The first-order valence-electron chi connectivity index (χ1n) is 5.82. The largest absolute Gasteiger partial charge is 0.396 e. The van der Waals surface area contributed by atoms with E-state index in [1.807, 2.05) is 13.8 Å². The van der Waals surface area contributed by atoms with E-state index in [9.17, 15) is 14.7 Å². The summed E-state index contributed by atoms with van der Waals surface area (Å²) in [7, 11) is 1.65. The summed E-state index contributed by atoms with van der Waals surface area (Å²) in [5, 5.41) is 9.19. The minimum atomic E-state index is -0.367. The van der Waals surface area contributed by atoms with Crippen LogP contribution in [0.5, 0.6) is 0 Å². The molecule has 0 aliphatic heterocycles. The van der Waals surface area contributed by atoms with Gasteiger partial charge in [0.15, 0.2) is 5.43 Å². The number of pyridine rings is 1. The van der Waals surface area contributed by atoms with Crippen molar-refractivity contribution in [2.75, 3.05) is 20.2 Å². The smallest absolute Gasteiger partial charge is 0.270 e. The van der Waals surface area contributed by atoms with Gasteiger partial charge in [-0.3, -0.25) is 9.59 Å². The minimum Gasteiger partial charge on any atom is -0.396 e. The van der Waals surface area contributed by atoms with E-state index in [-0.39, 0.29) is 29.1 Å². The topological polar surface area (TPSA) is 73.4 Å². The summed E-state index contributed by atoms with van der Waals surface area (Å²) < 4.78 is 0. The average Bonchev–Trinajstić information content (AvgIpc) is 2.26. The molecule has 0 saturated heterocycles. The zero-order valence-corrected chi connectivity index (χ0v) is 11.3. The lowest BCUT2D eigenvalue weighted by Crippen LogP contribution is -2.38. The molecule has 1 rings (SSSR count). The maximum atomic E-state index is 12.1. The summed E-state index contributed by atoms with van der Waals surface area (Å²) in [6, 6.07) is 2.73. The van der Waals surface area contributed by atoms with Crippen LogP contribution in [0.4, 0.5) is 0 Å². The number of carbonyl (C=O) groups excluding carboxylic acids is 1. The van der Waals surface area contributed by atoms with Gasteiger partial charge in [-0.25, -0.2) is 0 Å². The van der Waals surface area contributed by atoms with Crippen LogP contribution in [0.3, 0.4) is 0 Å². The van der Waals surface area contributed by atoms with Gasteiger partial charge in [0.25, 0.3) is 5.91 Å². The summed E-state index contributed by atoms with van der Waals surface area (Å²) in [6.45, 7) is 5.88. The number of nitrogens with zero attached hydrogens (tertiary/aromatic N) is 1. The fourth-order valence-electron chi connectivity index (χ4n) is 1.77. The first kappa shape index (κ1) is 14.4. The first-order chi connectivity index (χ1) is 8.25. The third-order valence-electron chi connectivity index (χ3n) is 2.65. The van der Waals surface area contributed by atoms with Gasteiger partial charge in [-0.2, -0.15) is 0 Å². The average molecular weight is 252 g/mol. The van der Waals surface area contributed by atoms with Gasteiger partial charge in [0.05, 0.1) is 0 Å². The molecule has 0 radical (unpaired) electrons. The minimum absolute atomic E-state index is 0.00500. The maximum absolute atomic E-state index is 12.1. The normalized spacial score (nSPS) is 11.4. The Morgan fingerprint density at radius 1 is 1.44 bits per heavy atom. The molecule has 0 atom stereocenters. The highest BCUT2D eigenvalue weighted by Crippen LogP contribution is 2.15. The molecule has 0 bridgehead atoms. The molecule has 0 saturated carbocycles. The molecule has 0 spiro atoms. The molecule has 5 nitrogen and oxygen atoms in total. The lowest BCUT2D eigenvalue weighted by atomic mass is 9.94. The Balaban J connectivity index is 2.90. The third kappa shape index (κ3) is 3.70. The van der Waals surface area contributed by atoms with Crippen LogP contribution in [-0.2, 0) is 0 Å². The van der Waals surface area contributed by atoms with Crippen molar-refractivity contribution in [1.29, 1.82) is 0 Å². The molecule has 0 aliphatic rings. The van der Waals surface area contributed by atoms with E-state index in [4.69, 9.17) is 0 Å². The first-order valence-corrected chi connectivity index (χ1v) is 5.82. The molecular formula is C13H20N2O3. The monoisotopic (exact) mass is 252 g/mol. The second-order valence-corrected chi connectivity index (χ2v) is 5.40. The van der Waals surface area contributed by atoms with Crippen LogP contribution in [0, 0.1) is 12.3 Å². The van der Waals surface area contributed by atoms with E-state index in [1.54, 1.807) is 14.0 Å². The quantitative estimate of drug-likeness (QED) is 0.831. The number of hydrogen-bond donors (Lipinski definition) is 2. The summed E-state index contributed by atoms with van der Waals surface area (Å²) in [4.78, 5) is 27.8. The fraction of sp³-hybridized carbons (Fsp3) is 0.538. The number of H-pyrrole nitrogens is 1. The van der Waals surface area contributed by atoms with Crippen LogP contribution < -0.4 is 5.43 Å². The van der Waals surface area contributed by atoms with Crippen LogP contribution >= 0.6 is 0 Å². The Bertz CT molecular complexity index is 491. The van der Waals surface area contributed by atoms with Crippen molar-refractivity contribution in [3.8, 4) is 0 Å². The van der Waals surface area contributed by atoms with E-state index in [0.717, 1.165) is 0 Å². The van der Waals surface area contributed by atoms with E-state index in [1.165, 1.54) is 17.0 Å². The summed E-state index contributed by atoms with van der Waals surface area (Å²) >= 11 is 0. The van der Waals surface area contributed by atoms with Crippen LogP contribution in [0.25, 0.3) is 0 Å². The molecular weight excluding hydrogens is 232 g/mol. The number of carbonyl (C=O) groups is 1. The number of aromatic nitrogens is 1. The Morgan fingerprint density at radius 3 is 2.56 bits per heavy atom. The molecule has 0 unspecified atom stereocenters. The van der Waals surface area contributed by atoms with Gasteiger partial charge in [-0.15, -0.1) is 0 Å². The van der Waals surface area contributed by atoms with Gasteiger partial charge < -0.3 is 15.0 Å². The van der Waals surface area contributed by atoms with Crippen molar-refractivity contribution in [3.63, 3.8) is 0 Å². The predicted molar refractivity (Wildman–Crippen MR) is 69.6 cm³/mol. The summed E-state index contributed by atoms with van der Waals surface area (Å²) in [6.07, 6.45) is 0. The van der Waals surface area contributed by atoms with Crippen molar-refractivity contribution in [3.05, 3.63) is 33.7 Å². The number of nitrogens with one attached hydrogen (secondary N) is 1. The van der Waals surface area contributed by atoms with Crippen molar-refractivity contribution in [2.24, 2.45) is 5.41 Å². The van der Waals surface area contributed by atoms with E-state index in [0.29, 0.717) is 12.2 Å². The summed E-state index contributed by atoms with van der Waals surface area (Å²) in [5.74, 6) is -0.252. The van der Waals surface area contributed by atoms with Gasteiger partial charge in [0.1, 0.15) is 5.69 Å². The molecule has 1 aromatic rings. The lowest BCUT2D eigenvalue weighted by Gasteiger charge is -2.28. The van der Waals surface area contributed by atoms with Gasteiger partial charge in [0.2, 0.25) is 0 Å². The molecule has 0 aliphatic carbocycles. The highest BCUT2D eigenvalue weighted by atomic mass is 16.3. The molecule has 0 aromatic carbocycles. The van der Waals surface area contributed by atoms with Crippen molar-refractivity contribution in [1.82, 2.24) is 9.88 Å². The molecule has 1 heterocycles. The lowest BCUT2D eigenvalue weighted by molar-refractivity contribution is 0.0658. The third-order valence-corrected chi connectivity index (χ3v) is 2.65. The Hall–Kier alpha value is -1.62. The molecule has 0 fully saturated rings.